The fourth-order valence-corrected chi connectivity index (χ4v) is 2.33. The van der Waals surface area contributed by atoms with Crippen LogP contribution in [0.5, 0.6) is 5.75 Å². The molecular formula is C14H15NO. The fraction of sp³-hybridized carbons (Fsp3) is 0.357. The number of benzene rings is 1. The van der Waals surface area contributed by atoms with Gasteiger partial charge >= 0.3 is 0 Å². The maximum atomic E-state index is 5.77. The molecule has 0 amide bonds. The van der Waals surface area contributed by atoms with E-state index >= 15 is 0 Å². The Hall–Kier alpha value is -1.57. The van der Waals surface area contributed by atoms with E-state index in [0.29, 0.717) is 5.92 Å². The highest BCUT2D eigenvalue weighted by molar-refractivity contribution is 5.84. The number of fused-ring (bicyclic) bond motifs is 3. The molecular weight excluding hydrogens is 198 g/mol. The molecule has 0 saturated heterocycles. The van der Waals surface area contributed by atoms with E-state index in [2.05, 4.69) is 30.1 Å². The molecule has 0 radical (unpaired) electrons. The largest absolute Gasteiger partial charge is 0.491 e. The molecule has 1 unspecified atom stereocenters. The molecule has 0 spiro atoms. The molecule has 2 heteroatoms. The molecule has 0 N–H and O–H groups in total. The van der Waals surface area contributed by atoms with E-state index in [1.807, 2.05) is 12.3 Å². The number of nitrogens with zero attached hydrogens (tertiary/aromatic N) is 1. The summed E-state index contributed by atoms with van der Waals surface area (Å²) in [6, 6.07) is 8.30. The molecule has 82 valence electrons. The Morgan fingerprint density at radius 3 is 3.12 bits per heavy atom. The number of pyridine rings is 1. The summed E-state index contributed by atoms with van der Waals surface area (Å²) in [5, 5.41) is 1.25. The first-order valence-corrected chi connectivity index (χ1v) is 5.88. The highest BCUT2D eigenvalue weighted by Crippen LogP contribution is 2.33. The normalized spacial score (nSPS) is 19.2. The molecule has 0 aliphatic carbocycles. The van der Waals surface area contributed by atoms with E-state index in [1.165, 1.54) is 17.4 Å². The van der Waals surface area contributed by atoms with Crippen molar-refractivity contribution in [1.29, 1.82) is 0 Å². The Kier molecular flexibility index (Phi) is 2.28. The molecule has 0 saturated carbocycles. The molecule has 16 heavy (non-hydrogen) atoms. The Morgan fingerprint density at radius 2 is 2.25 bits per heavy atom. The average Bonchev–Trinajstić information content (AvgIpc) is 2.38. The molecule has 1 aromatic heterocycles. The summed E-state index contributed by atoms with van der Waals surface area (Å²) in [6.45, 7) is 3.06. The molecule has 0 bridgehead atoms. The first kappa shape index (κ1) is 9.64. The zero-order chi connectivity index (χ0) is 11.0. The topological polar surface area (TPSA) is 22.1 Å². The zero-order valence-electron chi connectivity index (χ0n) is 9.44. The van der Waals surface area contributed by atoms with Crippen molar-refractivity contribution in [2.75, 3.05) is 6.61 Å². The third-order valence-corrected chi connectivity index (χ3v) is 3.39. The Balaban J connectivity index is 2.17. The summed E-state index contributed by atoms with van der Waals surface area (Å²) >= 11 is 0. The number of rotatable bonds is 1. The molecule has 2 aromatic rings. The second-order valence-corrected chi connectivity index (χ2v) is 4.41. The molecule has 1 aliphatic rings. The lowest BCUT2D eigenvalue weighted by atomic mass is 9.93. The van der Waals surface area contributed by atoms with Crippen LogP contribution < -0.4 is 4.74 Å². The van der Waals surface area contributed by atoms with Crippen molar-refractivity contribution in [3.8, 4) is 5.75 Å². The van der Waals surface area contributed by atoms with E-state index < -0.39 is 0 Å². The third-order valence-electron chi connectivity index (χ3n) is 3.39. The van der Waals surface area contributed by atoms with Gasteiger partial charge < -0.3 is 4.74 Å². The summed E-state index contributed by atoms with van der Waals surface area (Å²) in [6.07, 6.45) is 4.16. The predicted octanol–water partition coefficient (Wildman–Crippen LogP) is 3.20. The first-order chi connectivity index (χ1) is 7.88. The van der Waals surface area contributed by atoms with Gasteiger partial charge in [-0.05, 0) is 24.8 Å². The predicted molar refractivity (Wildman–Crippen MR) is 64.7 cm³/mol. The van der Waals surface area contributed by atoms with Crippen LogP contribution >= 0.6 is 0 Å². The van der Waals surface area contributed by atoms with Crippen LogP contribution in [0.1, 0.15) is 18.9 Å². The van der Waals surface area contributed by atoms with Gasteiger partial charge in [-0.25, -0.2) is 0 Å². The summed E-state index contributed by atoms with van der Waals surface area (Å²) in [5.74, 6) is 1.63. The number of ether oxygens (including phenoxy) is 1. The minimum Gasteiger partial charge on any atom is -0.491 e. The van der Waals surface area contributed by atoms with Crippen LogP contribution in [0.4, 0.5) is 0 Å². The standard InChI is InChI=1S/C14H15NO/c1-2-10-7-12-11-5-3-4-6-13(11)15-8-14(12)16-9-10/h3-6,8,10H,2,7,9H2,1H3. The van der Waals surface area contributed by atoms with Gasteiger partial charge in [0.1, 0.15) is 5.75 Å². The lowest BCUT2D eigenvalue weighted by Crippen LogP contribution is -2.20. The quantitative estimate of drug-likeness (QED) is 0.725. The lowest BCUT2D eigenvalue weighted by molar-refractivity contribution is 0.218. The van der Waals surface area contributed by atoms with Crippen LogP contribution in [0.3, 0.4) is 0 Å². The number of aromatic nitrogens is 1. The summed E-state index contributed by atoms with van der Waals surface area (Å²) in [7, 11) is 0. The van der Waals surface area contributed by atoms with Gasteiger partial charge in [-0.1, -0.05) is 25.1 Å². The summed E-state index contributed by atoms with van der Waals surface area (Å²) < 4.78 is 5.77. The highest BCUT2D eigenvalue weighted by atomic mass is 16.5. The molecule has 1 aromatic carbocycles. The second-order valence-electron chi connectivity index (χ2n) is 4.41. The average molecular weight is 213 g/mol. The molecule has 1 aliphatic heterocycles. The van der Waals surface area contributed by atoms with Crippen molar-refractivity contribution in [2.45, 2.75) is 19.8 Å². The third kappa shape index (κ3) is 1.45. The molecule has 2 nitrogen and oxygen atoms in total. The van der Waals surface area contributed by atoms with E-state index in [-0.39, 0.29) is 0 Å². The second kappa shape index (κ2) is 3.78. The van der Waals surface area contributed by atoms with Gasteiger partial charge in [-0.2, -0.15) is 0 Å². The maximum Gasteiger partial charge on any atom is 0.141 e. The van der Waals surface area contributed by atoms with E-state index in [4.69, 9.17) is 4.74 Å². The molecule has 2 heterocycles. The van der Waals surface area contributed by atoms with Crippen molar-refractivity contribution in [3.05, 3.63) is 36.0 Å². The number of para-hydroxylation sites is 1. The molecule has 3 rings (SSSR count). The van der Waals surface area contributed by atoms with Gasteiger partial charge in [0.2, 0.25) is 0 Å². The van der Waals surface area contributed by atoms with Gasteiger partial charge in [-0.3, -0.25) is 4.98 Å². The van der Waals surface area contributed by atoms with Gasteiger partial charge in [0.15, 0.2) is 0 Å². The van der Waals surface area contributed by atoms with Crippen LogP contribution in [0.25, 0.3) is 10.9 Å². The van der Waals surface area contributed by atoms with E-state index in [9.17, 15) is 0 Å². The van der Waals surface area contributed by atoms with Crippen LogP contribution in [0, 0.1) is 5.92 Å². The maximum absolute atomic E-state index is 5.77. The van der Waals surface area contributed by atoms with Crippen LogP contribution in [-0.4, -0.2) is 11.6 Å². The van der Waals surface area contributed by atoms with E-state index in [1.54, 1.807) is 0 Å². The van der Waals surface area contributed by atoms with Crippen molar-refractivity contribution < 1.29 is 4.74 Å². The van der Waals surface area contributed by atoms with Gasteiger partial charge in [0, 0.05) is 10.9 Å². The van der Waals surface area contributed by atoms with Gasteiger partial charge in [0.25, 0.3) is 0 Å². The van der Waals surface area contributed by atoms with Crippen LogP contribution in [0.15, 0.2) is 30.5 Å². The minimum atomic E-state index is 0.651. The van der Waals surface area contributed by atoms with Gasteiger partial charge in [-0.15, -0.1) is 0 Å². The van der Waals surface area contributed by atoms with Crippen molar-refractivity contribution in [2.24, 2.45) is 5.92 Å². The van der Waals surface area contributed by atoms with Crippen LogP contribution in [-0.2, 0) is 6.42 Å². The zero-order valence-corrected chi connectivity index (χ0v) is 9.44. The van der Waals surface area contributed by atoms with Crippen molar-refractivity contribution >= 4 is 10.9 Å². The van der Waals surface area contributed by atoms with Crippen LogP contribution in [0.2, 0.25) is 0 Å². The Bertz CT molecular complexity index is 521. The molecule has 0 fully saturated rings. The van der Waals surface area contributed by atoms with Gasteiger partial charge in [0.05, 0.1) is 18.3 Å². The monoisotopic (exact) mass is 213 g/mol. The minimum absolute atomic E-state index is 0.651. The van der Waals surface area contributed by atoms with E-state index in [0.717, 1.165) is 24.3 Å². The van der Waals surface area contributed by atoms with Crippen molar-refractivity contribution in [3.63, 3.8) is 0 Å². The smallest absolute Gasteiger partial charge is 0.141 e. The lowest BCUT2D eigenvalue weighted by Gasteiger charge is -2.25. The summed E-state index contributed by atoms with van der Waals surface area (Å²) in [5.41, 5.74) is 2.41. The summed E-state index contributed by atoms with van der Waals surface area (Å²) in [4.78, 5) is 4.42. The Morgan fingerprint density at radius 1 is 1.38 bits per heavy atom. The number of hydrogen-bond donors (Lipinski definition) is 0. The van der Waals surface area contributed by atoms with Crippen molar-refractivity contribution in [1.82, 2.24) is 4.98 Å². The fourth-order valence-electron chi connectivity index (χ4n) is 2.33. The highest BCUT2D eigenvalue weighted by Gasteiger charge is 2.20. The molecule has 1 atom stereocenters. The number of hydrogen-bond acceptors (Lipinski definition) is 2. The SMILES string of the molecule is CCC1COc2cnc3ccccc3c2C1. The first-order valence-electron chi connectivity index (χ1n) is 5.88. The Labute approximate surface area is 95.3 Å².